The van der Waals surface area contributed by atoms with Crippen LogP contribution in [0.25, 0.3) is 0 Å². The number of nitrogens with zero attached hydrogens (tertiary/aromatic N) is 2. The maximum absolute atomic E-state index is 6.03. The summed E-state index contributed by atoms with van der Waals surface area (Å²) >= 11 is 0. The van der Waals surface area contributed by atoms with Gasteiger partial charge in [-0.3, -0.25) is 0 Å². The molecule has 0 bridgehead atoms. The van der Waals surface area contributed by atoms with Crippen molar-refractivity contribution >= 4 is 0 Å². The summed E-state index contributed by atoms with van der Waals surface area (Å²) in [5.74, 6) is 0.772. The second-order valence-electron chi connectivity index (χ2n) is 6.83. The maximum Gasteiger partial charge on any atom is 0.0546 e. The van der Waals surface area contributed by atoms with Crippen molar-refractivity contribution in [3.05, 3.63) is 0 Å². The largest absolute Gasteiger partial charge is 0.381 e. The third kappa shape index (κ3) is 4.42. The highest BCUT2D eigenvalue weighted by molar-refractivity contribution is 4.87. The molecule has 1 atom stereocenters. The standard InChI is InChI=1S/C15H31N3O/c1-14(2)10-17-5-7-18(8-6-17)12-15(11-16)4-3-9-19-13-15/h14H,3-13,16H2,1-2H3. The van der Waals surface area contributed by atoms with E-state index in [1.165, 1.54) is 45.6 Å². The molecule has 0 amide bonds. The van der Waals surface area contributed by atoms with Crippen LogP contribution in [0.4, 0.5) is 0 Å². The van der Waals surface area contributed by atoms with Crippen LogP contribution in [0.5, 0.6) is 0 Å². The molecule has 4 heteroatoms. The second kappa shape index (κ2) is 7.02. The lowest BCUT2D eigenvalue weighted by atomic mass is 9.82. The minimum absolute atomic E-state index is 0.221. The van der Waals surface area contributed by atoms with Gasteiger partial charge in [0.15, 0.2) is 0 Å². The average molecular weight is 269 g/mol. The first kappa shape index (κ1) is 15.2. The van der Waals surface area contributed by atoms with Gasteiger partial charge in [-0.05, 0) is 18.8 Å². The van der Waals surface area contributed by atoms with Gasteiger partial charge in [0.2, 0.25) is 0 Å². The van der Waals surface area contributed by atoms with Crippen molar-refractivity contribution in [1.82, 2.24) is 9.80 Å². The highest BCUT2D eigenvalue weighted by Gasteiger charge is 2.34. The fourth-order valence-electron chi connectivity index (χ4n) is 3.38. The van der Waals surface area contributed by atoms with E-state index in [0.717, 1.165) is 32.2 Å². The molecule has 2 aliphatic heterocycles. The van der Waals surface area contributed by atoms with Gasteiger partial charge in [0.25, 0.3) is 0 Å². The van der Waals surface area contributed by atoms with Crippen LogP contribution in [-0.2, 0) is 4.74 Å². The van der Waals surface area contributed by atoms with Crippen molar-refractivity contribution < 1.29 is 4.74 Å². The fourth-order valence-corrected chi connectivity index (χ4v) is 3.38. The molecule has 0 radical (unpaired) electrons. The van der Waals surface area contributed by atoms with Crippen molar-refractivity contribution in [2.75, 3.05) is 59.0 Å². The Balaban J connectivity index is 1.77. The van der Waals surface area contributed by atoms with E-state index in [0.29, 0.717) is 0 Å². The topological polar surface area (TPSA) is 41.7 Å². The third-order valence-electron chi connectivity index (χ3n) is 4.48. The molecule has 0 aliphatic carbocycles. The third-order valence-corrected chi connectivity index (χ3v) is 4.48. The van der Waals surface area contributed by atoms with Gasteiger partial charge in [0.05, 0.1) is 6.61 Å². The van der Waals surface area contributed by atoms with Crippen LogP contribution >= 0.6 is 0 Å². The summed E-state index contributed by atoms with van der Waals surface area (Å²) in [7, 11) is 0. The minimum atomic E-state index is 0.221. The smallest absolute Gasteiger partial charge is 0.0546 e. The van der Waals surface area contributed by atoms with Gasteiger partial charge in [-0.15, -0.1) is 0 Å². The molecule has 0 spiro atoms. The molecule has 2 aliphatic rings. The van der Waals surface area contributed by atoms with E-state index >= 15 is 0 Å². The zero-order chi connectivity index (χ0) is 13.7. The normalized spacial score (nSPS) is 30.9. The first-order valence-corrected chi connectivity index (χ1v) is 7.86. The Kier molecular flexibility index (Phi) is 5.63. The summed E-state index contributed by atoms with van der Waals surface area (Å²) in [5, 5.41) is 0. The number of hydrogen-bond donors (Lipinski definition) is 1. The number of hydrogen-bond acceptors (Lipinski definition) is 4. The summed E-state index contributed by atoms with van der Waals surface area (Å²) < 4.78 is 5.67. The van der Waals surface area contributed by atoms with Gasteiger partial charge < -0.3 is 20.3 Å². The molecule has 0 aromatic heterocycles. The summed E-state index contributed by atoms with van der Waals surface area (Å²) in [6, 6.07) is 0. The Labute approximate surface area is 118 Å². The molecule has 0 aromatic rings. The second-order valence-corrected chi connectivity index (χ2v) is 6.83. The van der Waals surface area contributed by atoms with Crippen LogP contribution < -0.4 is 5.73 Å². The molecule has 2 saturated heterocycles. The van der Waals surface area contributed by atoms with Crippen LogP contribution in [0.15, 0.2) is 0 Å². The average Bonchev–Trinajstić information content (AvgIpc) is 2.41. The number of piperazine rings is 1. The van der Waals surface area contributed by atoms with E-state index in [1.807, 2.05) is 0 Å². The van der Waals surface area contributed by atoms with E-state index in [4.69, 9.17) is 10.5 Å². The molecular formula is C15H31N3O. The Morgan fingerprint density at radius 1 is 1.16 bits per heavy atom. The molecule has 4 nitrogen and oxygen atoms in total. The fraction of sp³-hybridized carbons (Fsp3) is 1.00. The van der Waals surface area contributed by atoms with Crippen molar-refractivity contribution in [2.45, 2.75) is 26.7 Å². The Morgan fingerprint density at radius 2 is 1.84 bits per heavy atom. The highest BCUT2D eigenvalue weighted by Crippen LogP contribution is 2.28. The Bertz CT molecular complexity index is 256. The first-order chi connectivity index (χ1) is 9.13. The molecule has 2 heterocycles. The maximum atomic E-state index is 6.03. The molecule has 0 saturated carbocycles. The quantitative estimate of drug-likeness (QED) is 0.809. The van der Waals surface area contributed by atoms with Gasteiger partial charge in [0, 0.05) is 57.8 Å². The van der Waals surface area contributed by atoms with Crippen molar-refractivity contribution in [3.8, 4) is 0 Å². The Hall–Kier alpha value is -0.160. The van der Waals surface area contributed by atoms with Crippen LogP contribution in [0.1, 0.15) is 26.7 Å². The molecule has 19 heavy (non-hydrogen) atoms. The number of nitrogens with two attached hydrogens (primary N) is 1. The first-order valence-electron chi connectivity index (χ1n) is 7.86. The van der Waals surface area contributed by atoms with Gasteiger partial charge in [0.1, 0.15) is 0 Å². The predicted molar refractivity (Wildman–Crippen MR) is 79.3 cm³/mol. The zero-order valence-electron chi connectivity index (χ0n) is 12.7. The van der Waals surface area contributed by atoms with Crippen molar-refractivity contribution in [1.29, 1.82) is 0 Å². The van der Waals surface area contributed by atoms with E-state index in [1.54, 1.807) is 0 Å². The number of ether oxygens (including phenoxy) is 1. The molecule has 1 unspecified atom stereocenters. The predicted octanol–water partition coefficient (Wildman–Crippen LogP) is 1.02. The van der Waals surface area contributed by atoms with Gasteiger partial charge >= 0.3 is 0 Å². The van der Waals surface area contributed by atoms with Crippen LogP contribution in [0, 0.1) is 11.3 Å². The van der Waals surface area contributed by atoms with E-state index in [2.05, 4.69) is 23.6 Å². The summed E-state index contributed by atoms with van der Waals surface area (Å²) in [4.78, 5) is 5.19. The lowest BCUT2D eigenvalue weighted by Crippen LogP contribution is -2.53. The molecule has 2 rings (SSSR count). The molecular weight excluding hydrogens is 238 g/mol. The molecule has 2 N–H and O–H groups in total. The van der Waals surface area contributed by atoms with E-state index in [9.17, 15) is 0 Å². The van der Waals surface area contributed by atoms with Crippen LogP contribution in [0.3, 0.4) is 0 Å². The summed E-state index contributed by atoms with van der Waals surface area (Å²) in [6.45, 7) is 14.3. The summed E-state index contributed by atoms with van der Waals surface area (Å²) in [5.41, 5.74) is 6.25. The lowest BCUT2D eigenvalue weighted by Gasteiger charge is -2.43. The Morgan fingerprint density at radius 3 is 2.37 bits per heavy atom. The monoisotopic (exact) mass is 269 g/mol. The zero-order valence-corrected chi connectivity index (χ0v) is 12.7. The molecule has 112 valence electrons. The van der Waals surface area contributed by atoms with E-state index < -0.39 is 0 Å². The van der Waals surface area contributed by atoms with Crippen LogP contribution in [-0.4, -0.2) is 68.8 Å². The van der Waals surface area contributed by atoms with E-state index in [-0.39, 0.29) is 5.41 Å². The van der Waals surface area contributed by atoms with Gasteiger partial charge in [-0.1, -0.05) is 13.8 Å². The van der Waals surface area contributed by atoms with Crippen LogP contribution in [0.2, 0.25) is 0 Å². The molecule has 2 fully saturated rings. The number of rotatable bonds is 5. The minimum Gasteiger partial charge on any atom is -0.381 e. The van der Waals surface area contributed by atoms with Gasteiger partial charge in [-0.2, -0.15) is 0 Å². The SMILES string of the molecule is CC(C)CN1CCN(CC2(CN)CCCOC2)CC1. The molecule has 0 aromatic carbocycles. The van der Waals surface area contributed by atoms with Crippen molar-refractivity contribution in [2.24, 2.45) is 17.1 Å². The van der Waals surface area contributed by atoms with Crippen molar-refractivity contribution in [3.63, 3.8) is 0 Å². The highest BCUT2D eigenvalue weighted by atomic mass is 16.5. The summed E-state index contributed by atoms with van der Waals surface area (Å²) in [6.07, 6.45) is 2.40. The van der Waals surface area contributed by atoms with Gasteiger partial charge in [-0.25, -0.2) is 0 Å². The lowest BCUT2D eigenvalue weighted by molar-refractivity contribution is -0.0291.